The van der Waals surface area contributed by atoms with Gasteiger partial charge < -0.3 is 15.2 Å². The van der Waals surface area contributed by atoms with Crippen LogP contribution in [0.25, 0.3) is 0 Å². The monoisotopic (exact) mass is 369 g/mol. The second kappa shape index (κ2) is 7.16. The summed E-state index contributed by atoms with van der Waals surface area (Å²) >= 11 is 9.66. The molecule has 0 saturated carbocycles. The molecule has 5 heteroatoms. The van der Waals surface area contributed by atoms with E-state index in [2.05, 4.69) is 15.9 Å². The second-order valence-corrected chi connectivity index (χ2v) is 6.05. The minimum Gasteiger partial charge on any atom is -0.496 e. The van der Waals surface area contributed by atoms with Crippen molar-refractivity contribution in [2.75, 3.05) is 7.11 Å². The van der Waals surface area contributed by atoms with Gasteiger partial charge in [-0.1, -0.05) is 33.6 Å². The molecule has 0 aliphatic carbocycles. The summed E-state index contributed by atoms with van der Waals surface area (Å²) in [4.78, 5) is 0. The lowest BCUT2D eigenvalue weighted by molar-refractivity contribution is 0.296. The number of halogens is 2. The Bertz CT molecular complexity index is 632. The lowest BCUT2D eigenvalue weighted by Crippen LogP contribution is -2.05. The molecule has 0 unspecified atom stereocenters. The minimum absolute atomic E-state index is 0.0540. The van der Waals surface area contributed by atoms with Crippen LogP contribution < -0.4 is 15.2 Å². The van der Waals surface area contributed by atoms with Gasteiger partial charge in [0.15, 0.2) is 0 Å². The molecule has 0 bridgehead atoms. The molecular formula is C16H17BrClNO2. The molecule has 0 amide bonds. The molecule has 0 heterocycles. The fourth-order valence-corrected chi connectivity index (χ4v) is 2.58. The first-order valence-corrected chi connectivity index (χ1v) is 7.68. The van der Waals surface area contributed by atoms with Crippen LogP contribution in [0, 0.1) is 0 Å². The van der Waals surface area contributed by atoms with Crippen molar-refractivity contribution in [2.24, 2.45) is 5.73 Å². The SMILES string of the molecule is COc1ccc(Br)cc1COc1ccc([C@@H](C)N)cc1Cl. The van der Waals surface area contributed by atoms with Crippen LogP contribution in [-0.4, -0.2) is 7.11 Å². The lowest BCUT2D eigenvalue weighted by atomic mass is 10.1. The van der Waals surface area contributed by atoms with Gasteiger partial charge in [0.2, 0.25) is 0 Å². The first kappa shape index (κ1) is 16.1. The standard InChI is InChI=1S/C16H17BrClNO2/c1-10(19)11-3-5-16(14(18)8-11)21-9-12-7-13(17)4-6-15(12)20-2/h3-8,10H,9,19H2,1-2H3/t10-/m1/s1. The maximum Gasteiger partial charge on any atom is 0.138 e. The molecule has 0 saturated heterocycles. The van der Waals surface area contributed by atoms with E-state index in [-0.39, 0.29) is 6.04 Å². The average molecular weight is 371 g/mol. The molecule has 2 N–H and O–H groups in total. The van der Waals surface area contributed by atoms with E-state index in [1.807, 2.05) is 43.3 Å². The zero-order chi connectivity index (χ0) is 15.4. The Morgan fingerprint density at radius 1 is 1.19 bits per heavy atom. The van der Waals surface area contributed by atoms with Crippen LogP contribution in [0.2, 0.25) is 5.02 Å². The van der Waals surface area contributed by atoms with Crippen molar-refractivity contribution in [1.29, 1.82) is 0 Å². The van der Waals surface area contributed by atoms with Crippen molar-refractivity contribution >= 4 is 27.5 Å². The maximum atomic E-state index is 6.22. The van der Waals surface area contributed by atoms with Crippen LogP contribution in [0.1, 0.15) is 24.1 Å². The third-order valence-corrected chi connectivity index (χ3v) is 3.90. The fraction of sp³-hybridized carbons (Fsp3) is 0.250. The van der Waals surface area contributed by atoms with Crippen LogP contribution >= 0.6 is 27.5 Å². The first-order chi connectivity index (χ1) is 10.0. The molecule has 0 aliphatic rings. The molecule has 3 nitrogen and oxygen atoms in total. The topological polar surface area (TPSA) is 44.5 Å². The van der Waals surface area contributed by atoms with E-state index in [0.29, 0.717) is 17.4 Å². The summed E-state index contributed by atoms with van der Waals surface area (Å²) in [5.74, 6) is 1.41. The van der Waals surface area contributed by atoms with Crippen LogP contribution in [0.4, 0.5) is 0 Å². The van der Waals surface area contributed by atoms with Gasteiger partial charge in [0, 0.05) is 16.1 Å². The summed E-state index contributed by atoms with van der Waals surface area (Å²) in [6.45, 7) is 2.29. The number of hydrogen-bond donors (Lipinski definition) is 1. The fourth-order valence-electron chi connectivity index (χ4n) is 1.93. The molecular weight excluding hydrogens is 354 g/mol. The van der Waals surface area contributed by atoms with Gasteiger partial charge in [0.25, 0.3) is 0 Å². The predicted octanol–water partition coefficient (Wildman–Crippen LogP) is 4.71. The largest absolute Gasteiger partial charge is 0.496 e. The van der Waals surface area contributed by atoms with Crippen LogP contribution in [0.3, 0.4) is 0 Å². The Balaban J connectivity index is 2.15. The normalized spacial score (nSPS) is 12.0. The highest BCUT2D eigenvalue weighted by Crippen LogP contribution is 2.30. The Morgan fingerprint density at radius 2 is 1.90 bits per heavy atom. The van der Waals surface area contributed by atoms with Crippen molar-refractivity contribution in [3.05, 3.63) is 57.0 Å². The van der Waals surface area contributed by atoms with Crippen molar-refractivity contribution in [2.45, 2.75) is 19.6 Å². The van der Waals surface area contributed by atoms with E-state index < -0.39 is 0 Å². The third-order valence-electron chi connectivity index (χ3n) is 3.11. The highest BCUT2D eigenvalue weighted by molar-refractivity contribution is 9.10. The molecule has 0 radical (unpaired) electrons. The maximum absolute atomic E-state index is 6.22. The van der Waals surface area contributed by atoms with Crippen molar-refractivity contribution in [3.8, 4) is 11.5 Å². The number of nitrogens with two attached hydrogens (primary N) is 1. The predicted molar refractivity (Wildman–Crippen MR) is 89.1 cm³/mol. The van der Waals surface area contributed by atoms with Gasteiger partial charge >= 0.3 is 0 Å². The van der Waals surface area contributed by atoms with Crippen molar-refractivity contribution < 1.29 is 9.47 Å². The average Bonchev–Trinajstić information content (AvgIpc) is 2.46. The Labute approximate surface area is 138 Å². The van der Waals surface area contributed by atoms with Gasteiger partial charge in [-0.3, -0.25) is 0 Å². The van der Waals surface area contributed by atoms with E-state index in [4.69, 9.17) is 26.8 Å². The highest BCUT2D eigenvalue weighted by Gasteiger charge is 2.09. The molecule has 2 rings (SSSR count). The summed E-state index contributed by atoms with van der Waals surface area (Å²) in [5, 5.41) is 0.554. The summed E-state index contributed by atoms with van der Waals surface area (Å²) in [7, 11) is 1.64. The van der Waals surface area contributed by atoms with Crippen LogP contribution in [0.5, 0.6) is 11.5 Å². The van der Waals surface area contributed by atoms with E-state index in [9.17, 15) is 0 Å². The molecule has 2 aromatic rings. The van der Waals surface area contributed by atoms with Gasteiger partial charge in [-0.25, -0.2) is 0 Å². The van der Waals surface area contributed by atoms with E-state index in [0.717, 1.165) is 21.3 Å². The molecule has 2 aromatic carbocycles. The molecule has 1 atom stereocenters. The number of rotatable bonds is 5. The van der Waals surface area contributed by atoms with Gasteiger partial charge in [-0.05, 0) is 42.8 Å². The molecule has 0 aromatic heterocycles. The Hall–Kier alpha value is -1.23. The van der Waals surface area contributed by atoms with Gasteiger partial charge in [0.1, 0.15) is 18.1 Å². The lowest BCUT2D eigenvalue weighted by Gasteiger charge is -2.13. The summed E-state index contributed by atoms with van der Waals surface area (Å²) in [5.41, 5.74) is 7.75. The van der Waals surface area contributed by atoms with Crippen LogP contribution in [0.15, 0.2) is 40.9 Å². The van der Waals surface area contributed by atoms with E-state index in [1.54, 1.807) is 7.11 Å². The van der Waals surface area contributed by atoms with Crippen molar-refractivity contribution in [1.82, 2.24) is 0 Å². The first-order valence-electron chi connectivity index (χ1n) is 6.51. The zero-order valence-electron chi connectivity index (χ0n) is 11.9. The zero-order valence-corrected chi connectivity index (χ0v) is 14.2. The Kier molecular flexibility index (Phi) is 5.51. The molecule has 112 valence electrons. The number of hydrogen-bond acceptors (Lipinski definition) is 3. The van der Waals surface area contributed by atoms with Gasteiger partial charge in [-0.15, -0.1) is 0 Å². The van der Waals surface area contributed by atoms with Gasteiger partial charge in [0.05, 0.1) is 12.1 Å². The summed E-state index contributed by atoms with van der Waals surface area (Å²) < 4.78 is 12.1. The van der Waals surface area contributed by atoms with Crippen LogP contribution in [-0.2, 0) is 6.61 Å². The molecule has 21 heavy (non-hydrogen) atoms. The molecule has 0 aliphatic heterocycles. The van der Waals surface area contributed by atoms with Gasteiger partial charge in [-0.2, -0.15) is 0 Å². The van der Waals surface area contributed by atoms with Crippen molar-refractivity contribution in [3.63, 3.8) is 0 Å². The third kappa shape index (κ3) is 4.13. The highest BCUT2D eigenvalue weighted by atomic mass is 79.9. The smallest absolute Gasteiger partial charge is 0.138 e. The number of methoxy groups -OCH3 is 1. The van der Waals surface area contributed by atoms with E-state index in [1.165, 1.54) is 0 Å². The Morgan fingerprint density at radius 3 is 2.52 bits per heavy atom. The number of benzene rings is 2. The number of ether oxygens (including phenoxy) is 2. The summed E-state index contributed by atoms with van der Waals surface area (Å²) in [6, 6.07) is 11.3. The molecule has 0 spiro atoms. The second-order valence-electron chi connectivity index (χ2n) is 4.72. The molecule has 0 fully saturated rings. The quantitative estimate of drug-likeness (QED) is 0.829. The van der Waals surface area contributed by atoms with E-state index >= 15 is 0 Å². The minimum atomic E-state index is -0.0540. The summed E-state index contributed by atoms with van der Waals surface area (Å²) in [6.07, 6.45) is 0.